The van der Waals surface area contributed by atoms with Gasteiger partial charge in [-0.2, -0.15) is 0 Å². The minimum atomic E-state index is -0.389. The van der Waals surface area contributed by atoms with Crippen LogP contribution in [-0.4, -0.2) is 39.8 Å². The maximum Gasteiger partial charge on any atom is 0.258 e. The number of aromatic amines is 1. The smallest absolute Gasteiger partial charge is 0.258 e. The number of rotatable bonds is 6. The molecule has 0 unspecified atom stereocenters. The monoisotopic (exact) mass is 354 g/mol. The molecule has 0 saturated heterocycles. The van der Waals surface area contributed by atoms with Crippen molar-refractivity contribution in [3.05, 3.63) is 64.6 Å². The number of fused-ring (bicyclic) bond motifs is 1. The second-order valence-corrected chi connectivity index (χ2v) is 5.63. The molecule has 0 aliphatic rings. The third kappa shape index (κ3) is 3.80. The summed E-state index contributed by atoms with van der Waals surface area (Å²) in [5.74, 6) is -0.273. The van der Waals surface area contributed by atoms with Crippen molar-refractivity contribution in [3.63, 3.8) is 0 Å². The van der Waals surface area contributed by atoms with Gasteiger partial charge in [-0.15, -0.1) is 0 Å². The molecule has 2 heterocycles. The van der Waals surface area contributed by atoms with E-state index in [0.717, 1.165) is 0 Å². The van der Waals surface area contributed by atoms with Gasteiger partial charge in [0.05, 0.1) is 35.8 Å². The lowest BCUT2D eigenvalue weighted by atomic mass is 10.2. The number of nitrogens with one attached hydrogen (secondary N) is 2. The molecule has 0 fully saturated rings. The van der Waals surface area contributed by atoms with Gasteiger partial charge in [0.1, 0.15) is 12.1 Å². The van der Waals surface area contributed by atoms with Crippen LogP contribution in [0, 0.1) is 0 Å². The number of furan rings is 1. The van der Waals surface area contributed by atoms with E-state index in [2.05, 4.69) is 15.3 Å². The highest BCUT2D eigenvalue weighted by molar-refractivity contribution is 5.96. The number of para-hydroxylation sites is 1. The Kier molecular flexibility index (Phi) is 5.12. The van der Waals surface area contributed by atoms with E-state index in [9.17, 15) is 14.4 Å². The summed E-state index contributed by atoms with van der Waals surface area (Å²) in [5, 5.41) is 3.04. The van der Waals surface area contributed by atoms with Gasteiger partial charge < -0.3 is 19.6 Å². The molecule has 0 aliphatic heterocycles. The lowest BCUT2D eigenvalue weighted by Crippen LogP contribution is -2.40. The molecular weight excluding hydrogens is 336 g/mol. The summed E-state index contributed by atoms with van der Waals surface area (Å²) in [6.07, 6.45) is 2.69. The Labute approximate surface area is 148 Å². The maximum absolute atomic E-state index is 12.4. The van der Waals surface area contributed by atoms with Gasteiger partial charge in [0.25, 0.3) is 11.5 Å². The van der Waals surface area contributed by atoms with Crippen LogP contribution < -0.4 is 10.9 Å². The minimum Gasteiger partial charge on any atom is -0.472 e. The largest absolute Gasteiger partial charge is 0.472 e. The van der Waals surface area contributed by atoms with Gasteiger partial charge in [-0.1, -0.05) is 12.1 Å². The Morgan fingerprint density at radius 2 is 2.08 bits per heavy atom. The Hall–Kier alpha value is -3.42. The van der Waals surface area contributed by atoms with Crippen LogP contribution in [0.15, 0.2) is 52.1 Å². The normalized spacial score (nSPS) is 10.7. The molecule has 2 aromatic heterocycles. The Balaban J connectivity index is 1.68. The molecule has 2 amide bonds. The lowest BCUT2D eigenvalue weighted by Gasteiger charge is -2.20. The van der Waals surface area contributed by atoms with Crippen molar-refractivity contribution < 1.29 is 14.0 Å². The summed E-state index contributed by atoms with van der Waals surface area (Å²) in [6, 6.07) is 8.52. The van der Waals surface area contributed by atoms with Gasteiger partial charge in [-0.25, -0.2) is 4.98 Å². The molecule has 0 radical (unpaired) electrons. The van der Waals surface area contributed by atoms with E-state index >= 15 is 0 Å². The second kappa shape index (κ2) is 7.64. The molecule has 1 aromatic carbocycles. The summed E-state index contributed by atoms with van der Waals surface area (Å²) in [6.45, 7) is 2.22. The average Bonchev–Trinajstić information content (AvgIpc) is 3.19. The van der Waals surface area contributed by atoms with Crippen molar-refractivity contribution in [2.24, 2.45) is 0 Å². The maximum atomic E-state index is 12.4. The number of amides is 2. The third-order valence-corrected chi connectivity index (χ3v) is 3.92. The van der Waals surface area contributed by atoms with Gasteiger partial charge >= 0.3 is 0 Å². The first-order valence-electron chi connectivity index (χ1n) is 8.14. The van der Waals surface area contributed by atoms with Crippen LogP contribution in [0.3, 0.4) is 0 Å². The van der Waals surface area contributed by atoms with Crippen LogP contribution in [0.1, 0.15) is 23.1 Å². The van der Waals surface area contributed by atoms with E-state index in [4.69, 9.17) is 4.42 Å². The molecule has 3 rings (SSSR count). The quantitative estimate of drug-likeness (QED) is 0.693. The summed E-state index contributed by atoms with van der Waals surface area (Å²) in [7, 11) is 0. The molecule has 3 aromatic rings. The summed E-state index contributed by atoms with van der Waals surface area (Å²) in [5.41, 5.74) is 0.673. The molecule has 134 valence electrons. The summed E-state index contributed by atoms with van der Waals surface area (Å²) < 4.78 is 4.84. The van der Waals surface area contributed by atoms with Crippen LogP contribution in [-0.2, 0) is 11.3 Å². The Morgan fingerprint density at radius 3 is 2.81 bits per heavy atom. The molecule has 0 spiro atoms. The number of hydrogen-bond acceptors (Lipinski definition) is 5. The van der Waals surface area contributed by atoms with Gasteiger partial charge in [0.15, 0.2) is 0 Å². The van der Waals surface area contributed by atoms with Crippen molar-refractivity contribution in [1.29, 1.82) is 0 Å². The number of likely N-dealkylation sites (N-methyl/N-ethyl adjacent to an activating group) is 1. The third-order valence-electron chi connectivity index (χ3n) is 3.92. The number of carbonyl (C=O) groups excluding carboxylic acids is 2. The first-order valence-corrected chi connectivity index (χ1v) is 8.14. The molecule has 2 N–H and O–H groups in total. The molecule has 0 bridgehead atoms. The highest BCUT2D eigenvalue weighted by Crippen LogP contribution is 2.07. The zero-order valence-electron chi connectivity index (χ0n) is 14.2. The van der Waals surface area contributed by atoms with Gasteiger partial charge in [-0.05, 0) is 25.1 Å². The minimum absolute atomic E-state index is 0.150. The molecule has 8 nitrogen and oxygen atoms in total. The van der Waals surface area contributed by atoms with Crippen molar-refractivity contribution in [1.82, 2.24) is 20.2 Å². The number of benzene rings is 1. The highest BCUT2D eigenvalue weighted by Gasteiger charge is 2.16. The molecule has 0 saturated carbocycles. The molecule has 26 heavy (non-hydrogen) atoms. The summed E-state index contributed by atoms with van der Waals surface area (Å²) >= 11 is 0. The van der Waals surface area contributed by atoms with E-state index < -0.39 is 0 Å². The highest BCUT2D eigenvalue weighted by atomic mass is 16.3. The molecule has 8 heteroatoms. The predicted molar refractivity (Wildman–Crippen MR) is 94.5 cm³/mol. The molecular formula is C18H18N4O4. The Morgan fingerprint density at radius 1 is 1.27 bits per heavy atom. The van der Waals surface area contributed by atoms with E-state index in [0.29, 0.717) is 28.8 Å². The van der Waals surface area contributed by atoms with Crippen LogP contribution in [0.4, 0.5) is 0 Å². The molecule has 0 atom stereocenters. The van der Waals surface area contributed by atoms with E-state index in [1.807, 2.05) is 6.92 Å². The predicted octanol–water partition coefficient (Wildman–Crippen LogP) is 1.29. The van der Waals surface area contributed by atoms with Crippen molar-refractivity contribution >= 4 is 22.7 Å². The van der Waals surface area contributed by atoms with E-state index in [1.54, 1.807) is 24.3 Å². The Bertz CT molecular complexity index is 978. The van der Waals surface area contributed by atoms with Crippen LogP contribution >= 0.6 is 0 Å². The van der Waals surface area contributed by atoms with Crippen LogP contribution in [0.5, 0.6) is 0 Å². The first kappa shape index (κ1) is 17.4. The first-order chi connectivity index (χ1) is 12.6. The number of H-pyrrole nitrogens is 1. The van der Waals surface area contributed by atoms with Gasteiger partial charge in [0.2, 0.25) is 5.91 Å². The number of hydrogen-bond donors (Lipinski definition) is 2. The average molecular weight is 354 g/mol. The van der Waals surface area contributed by atoms with Gasteiger partial charge in [0, 0.05) is 6.54 Å². The van der Waals surface area contributed by atoms with Crippen LogP contribution in [0.2, 0.25) is 0 Å². The van der Waals surface area contributed by atoms with Crippen molar-refractivity contribution in [3.8, 4) is 0 Å². The fraction of sp³-hybridized carbons (Fsp3) is 0.222. The topological polar surface area (TPSA) is 108 Å². The van der Waals surface area contributed by atoms with Crippen molar-refractivity contribution in [2.45, 2.75) is 13.5 Å². The second-order valence-electron chi connectivity index (χ2n) is 5.63. The molecule has 0 aliphatic carbocycles. The van der Waals surface area contributed by atoms with Crippen LogP contribution in [0.25, 0.3) is 10.9 Å². The zero-order valence-corrected chi connectivity index (χ0v) is 14.2. The fourth-order valence-electron chi connectivity index (χ4n) is 2.53. The number of aromatic nitrogens is 2. The lowest BCUT2D eigenvalue weighted by molar-refractivity contribution is -0.130. The SMILES string of the molecule is CCN(Cc1nc2ccccc2c(=O)[nH]1)C(=O)CNC(=O)c1ccoc1. The van der Waals surface area contributed by atoms with Gasteiger partial charge in [-0.3, -0.25) is 14.4 Å². The number of carbonyl (C=O) groups is 2. The van der Waals surface area contributed by atoms with E-state index in [-0.39, 0.29) is 30.5 Å². The van der Waals surface area contributed by atoms with Crippen molar-refractivity contribution in [2.75, 3.05) is 13.1 Å². The van der Waals surface area contributed by atoms with E-state index in [1.165, 1.54) is 23.5 Å². The fourth-order valence-corrected chi connectivity index (χ4v) is 2.53. The zero-order chi connectivity index (χ0) is 18.5. The number of nitrogens with zero attached hydrogens (tertiary/aromatic N) is 2. The standard InChI is InChI=1S/C18H18N4O4/c1-2-22(16(23)9-19-17(24)12-7-8-26-11-12)10-15-20-14-6-4-3-5-13(14)18(25)21-15/h3-8,11H,2,9-10H2,1H3,(H,19,24)(H,20,21,25). The summed E-state index contributed by atoms with van der Waals surface area (Å²) in [4.78, 5) is 45.0.